The minimum Gasteiger partial charge on any atom is -0.359 e. The Morgan fingerprint density at radius 2 is 2.05 bits per heavy atom. The van der Waals surface area contributed by atoms with Gasteiger partial charge in [-0.3, -0.25) is 4.98 Å². The van der Waals surface area contributed by atoms with E-state index in [1.165, 1.54) is 0 Å². The van der Waals surface area contributed by atoms with E-state index in [-0.39, 0.29) is 0 Å². The zero-order valence-corrected chi connectivity index (χ0v) is 11.5. The van der Waals surface area contributed by atoms with Crippen LogP contribution in [0.2, 0.25) is 0 Å². The Bertz CT molecular complexity index is 525. The second-order valence-corrected chi connectivity index (χ2v) is 4.63. The fraction of sp³-hybridized carbons (Fsp3) is 0.333. The molecule has 0 saturated carbocycles. The van der Waals surface area contributed by atoms with Crippen molar-refractivity contribution in [1.29, 1.82) is 0 Å². The lowest BCUT2D eigenvalue weighted by Gasteiger charge is -2.21. The lowest BCUT2D eigenvalue weighted by Crippen LogP contribution is -2.24. The average Bonchev–Trinajstić information content (AvgIpc) is 2.46. The van der Waals surface area contributed by atoms with Gasteiger partial charge in [0.05, 0.1) is 0 Å². The van der Waals surface area contributed by atoms with Gasteiger partial charge in [-0.25, -0.2) is 4.98 Å². The molecule has 2 rings (SSSR count). The lowest BCUT2D eigenvalue weighted by atomic mass is 10.2. The molecular formula is C15H20N4. The highest BCUT2D eigenvalue weighted by Crippen LogP contribution is 2.17. The Balaban J connectivity index is 2.07. The first-order valence-corrected chi connectivity index (χ1v) is 6.48. The van der Waals surface area contributed by atoms with Gasteiger partial charge in [0, 0.05) is 49.7 Å². The van der Waals surface area contributed by atoms with Crippen LogP contribution in [-0.4, -0.2) is 23.6 Å². The van der Waals surface area contributed by atoms with Crippen molar-refractivity contribution in [3.63, 3.8) is 0 Å². The molecule has 0 aromatic carbocycles. The molecule has 0 unspecified atom stereocenters. The van der Waals surface area contributed by atoms with Crippen molar-refractivity contribution in [2.75, 3.05) is 18.5 Å². The number of rotatable bonds is 5. The Hall–Kier alpha value is -1.94. The molecule has 0 bridgehead atoms. The molecule has 0 spiro atoms. The molecule has 2 aromatic rings. The van der Waals surface area contributed by atoms with Crippen LogP contribution in [0.5, 0.6) is 0 Å². The summed E-state index contributed by atoms with van der Waals surface area (Å²) >= 11 is 0. The van der Waals surface area contributed by atoms with Gasteiger partial charge >= 0.3 is 0 Å². The minimum absolute atomic E-state index is 0.510. The molecule has 2 aromatic heterocycles. The Labute approximate surface area is 114 Å². The zero-order valence-electron chi connectivity index (χ0n) is 11.5. The van der Waals surface area contributed by atoms with Gasteiger partial charge in [-0.2, -0.15) is 0 Å². The zero-order chi connectivity index (χ0) is 13.7. The first-order valence-electron chi connectivity index (χ1n) is 6.48. The quantitative estimate of drug-likeness (QED) is 0.888. The maximum absolute atomic E-state index is 5.77. The Morgan fingerprint density at radius 3 is 2.74 bits per heavy atom. The molecule has 2 N–H and O–H groups in total. The van der Waals surface area contributed by atoms with Gasteiger partial charge in [-0.05, 0) is 25.1 Å². The molecule has 0 radical (unpaired) electrons. The highest BCUT2D eigenvalue weighted by atomic mass is 15.2. The van der Waals surface area contributed by atoms with E-state index in [1.807, 2.05) is 44.4 Å². The molecule has 0 fully saturated rings. The summed E-state index contributed by atoms with van der Waals surface area (Å²) in [5.41, 5.74) is 8.95. The molecular weight excluding hydrogens is 236 g/mol. The summed E-state index contributed by atoms with van der Waals surface area (Å²) in [5.74, 6) is 0.971. The van der Waals surface area contributed by atoms with Crippen LogP contribution < -0.4 is 10.6 Å². The number of hydrogen-bond donors (Lipinski definition) is 1. The predicted molar refractivity (Wildman–Crippen MR) is 78.1 cm³/mol. The van der Waals surface area contributed by atoms with E-state index in [9.17, 15) is 0 Å². The number of nitrogens with two attached hydrogens (primary N) is 1. The topological polar surface area (TPSA) is 55.0 Å². The molecule has 4 heteroatoms. The van der Waals surface area contributed by atoms with E-state index >= 15 is 0 Å². The van der Waals surface area contributed by atoms with Gasteiger partial charge in [0.15, 0.2) is 0 Å². The number of nitrogens with zero attached hydrogens (tertiary/aromatic N) is 3. The summed E-state index contributed by atoms with van der Waals surface area (Å²) in [4.78, 5) is 11.1. The third-order valence-corrected chi connectivity index (χ3v) is 3.11. The molecule has 0 saturated heterocycles. The van der Waals surface area contributed by atoms with Crippen molar-refractivity contribution < 1.29 is 0 Å². The van der Waals surface area contributed by atoms with Crippen LogP contribution in [0.4, 0.5) is 5.82 Å². The fourth-order valence-corrected chi connectivity index (χ4v) is 2.00. The van der Waals surface area contributed by atoms with Crippen molar-refractivity contribution >= 4 is 5.82 Å². The summed E-state index contributed by atoms with van der Waals surface area (Å²) in [7, 11) is 2.05. The molecule has 4 nitrogen and oxygen atoms in total. The van der Waals surface area contributed by atoms with Gasteiger partial charge in [-0.1, -0.05) is 12.1 Å². The number of aromatic nitrogens is 2. The van der Waals surface area contributed by atoms with Crippen molar-refractivity contribution in [2.24, 2.45) is 5.73 Å². The van der Waals surface area contributed by atoms with Gasteiger partial charge in [0.25, 0.3) is 0 Å². The Kier molecular flexibility index (Phi) is 4.47. The van der Waals surface area contributed by atoms with Crippen LogP contribution in [0.1, 0.15) is 17.0 Å². The van der Waals surface area contributed by atoms with Gasteiger partial charge in [0.2, 0.25) is 0 Å². The van der Waals surface area contributed by atoms with Crippen LogP contribution in [0.15, 0.2) is 36.5 Å². The molecule has 19 heavy (non-hydrogen) atoms. The van der Waals surface area contributed by atoms with E-state index in [2.05, 4.69) is 20.9 Å². The second kappa shape index (κ2) is 6.29. The molecule has 0 aliphatic rings. The smallest absolute Gasteiger partial charge is 0.133 e. The number of anilines is 1. The highest BCUT2D eigenvalue weighted by molar-refractivity contribution is 5.47. The van der Waals surface area contributed by atoms with E-state index < -0.39 is 0 Å². The van der Waals surface area contributed by atoms with Crippen LogP contribution in [-0.2, 0) is 13.0 Å². The van der Waals surface area contributed by atoms with Crippen molar-refractivity contribution in [2.45, 2.75) is 19.9 Å². The number of pyridine rings is 2. The highest BCUT2D eigenvalue weighted by Gasteiger charge is 2.08. The maximum atomic E-state index is 5.77. The molecule has 0 atom stereocenters. The van der Waals surface area contributed by atoms with Crippen molar-refractivity contribution in [3.05, 3.63) is 53.5 Å². The van der Waals surface area contributed by atoms with E-state index in [0.29, 0.717) is 6.54 Å². The minimum atomic E-state index is 0.510. The van der Waals surface area contributed by atoms with Gasteiger partial charge < -0.3 is 10.6 Å². The van der Waals surface area contributed by atoms with Gasteiger partial charge in [-0.15, -0.1) is 0 Å². The van der Waals surface area contributed by atoms with Crippen LogP contribution >= 0.6 is 0 Å². The maximum Gasteiger partial charge on any atom is 0.133 e. The molecule has 0 amide bonds. The van der Waals surface area contributed by atoms with E-state index in [4.69, 9.17) is 5.73 Å². The molecule has 100 valence electrons. The number of hydrogen-bond acceptors (Lipinski definition) is 4. The normalized spacial score (nSPS) is 10.5. The standard InChI is InChI=1S/C15H20N4/c1-12-6-7-13(11-16)15(18-12)19(2)10-8-14-5-3-4-9-17-14/h3-7,9H,8,10-11,16H2,1-2H3. The largest absolute Gasteiger partial charge is 0.359 e. The molecule has 2 heterocycles. The van der Waals surface area contributed by atoms with E-state index in [0.717, 1.165) is 35.7 Å². The summed E-state index contributed by atoms with van der Waals surface area (Å²) < 4.78 is 0. The van der Waals surface area contributed by atoms with Crippen molar-refractivity contribution in [1.82, 2.24) is 9.97 Å². The van der Waals surface area contributed by atoms with Crippen LogP contribution in [0.3, 0.4) is 0 Å². The molecule has 0 aliphatic carbocycles. The third kappa shape index (κ3) is 3.51. The number of likely N-dealkylation sites (N-methyl/N-ethyl adjacent to an activating group) is 1. The molecule has 0 aliphatic heterocycles. The third-order valence-electron chi connectivity index (χ3n) is 3.11. The number of aryl methyl sites for hydroxylation is 1. The predicted octanol–water partition coefficient (Wildman–Crippen LogP) is 1.92. The summed E-state index contributed by atoms with van der Waals surface area (Å²) in [6, 6.07) is 10.0. The first-order chi connectivity index (χ1) is 9.20. The fourth-order valence-electron chi connectivity index (χ4n) is 2.00. The Morgan fingerprint density at radius 1 is 1.21 bits per heavy atom. The average molecular weight is 256 g/mol. The summed E-state index contributed by atoms with van der Waals surface area (Å²) in [6.07, 6.45) is 2.72. The summed E-state index contributed by atoms with van der Waals surface area (Å²) in [6.45, 7) is 3.38. The van der Waals surface area contributed by atoms with Gasteiger partial charge in [0.1, 0.15) is 5.82 Å². The SMILES string of the molecule is Cc1ccc(CN)c(N(C)CCc2ccccn2)n1. The van der Waals surface area contributed by atoms with Crippen LogP contribution in [0.25, 0.3) is 0 Å². The van der Waals surface area contributed by atoms with Crippen LogP contribution in [0, 0.1) is 6.92 Å². The monoisotopic (exact) mass is 256 g/mol. The summed E-state index contributed by atoms with van der Waals surface area (Å²) in [5, 5.41) is 0. The van der Waals surface area contributed by atoms with Crippen molar-refractivity contribution in [3.8, 4) is 0 Å². The second-order valence-electron chi connectivity index (χ2n) is 4.63. The first kappa shape index (κ1) is 13.5. The lowest BCUT2D eigenvalue weighted by molar-refractivity contribution is 0.825. The van der Waals surface area contributed by atoms with E-state index in [1.54, 1.807) is 0 Å².